The highest BCUT2D eigenvalue weighted by atomic mass is 16.5. The first-order valence-corrected chi connectivity index (χ1v) is 58.0. The average Bonchev–Trinajstić information content (AvgIpc) is 1.08. The van der Waals surface area contributed by atoms with Gasteiger partial charge in [0.25, 0.3) is 0 Å². The SMILES string of the molecule is C=CC(=O)OCCCCCCCCCCCCCCCCCCC.C=CC(=O)OCCCCCCCCCCCCCCCCCCCC.C=CC(=O)OCCCCCCCCCCCCCCCCCCCCC.C=CC(=O)OCCCCCCCCCCCCCCCCCCCCCC.C=CC(=O)OCCCCCCCCCCCCCCCCCCCCCCC. The van der Waals surface area contributed by atoms with Crippen LogP contribution in [0.25, 0.3) is 0 Å². The minimum absolute atomic E-state index is 0.298. The van der Waals surface area contributed by atoms with Crippen molar-refractivity contribution in [3.05, 3.63) is 63.3 Å². The summed E-state index contributed by atoms with van der Waals surface area (Å²) in [6, 6.07) is 0. The van der Waals surface area contributed by atoms with Crippen LogP contribution in [0.3, 0.4) is 0 Å². The summed E-state index contributed by atoms with van der Waals surface area (Å²) in [5, 5.41) is 0. The van der Waals surface area contributed by atoms with Crippen LogP contribution >= 0.6 is 0 Å². The van der Waals surface area contributed by atoms with Gasteiger partial charge in [0.15, 0.2) is 0 Å². The number of ether oxygens (including phenoxy) is 5. The van der Waals surface area contributed by atoms with Crippen molar-refractivity contribution in [3.63, 3.8) is 0 Å². The van der Waals surface area contributed by atoms with E-state index in [1.54, 1.807) is 0 Å². The lowest BCUT2D eigenvalue weighted by Gasteiger charge is -2.04. The van der Waals surface area contributed by atoms with Gasteiger partial charge in [-0.3, -0.25) is 0 Å². The van der Waals surface area contributed by atoms with Crippen molar-refractivity contribution in [2.24, 2.45) is 0 Å². The van der Waals surface area contributed by atoms with Gasteiger partial charge in [0.2, 0.25) is 0 Å². The molecule has 0 spiro atoms. The molecule has 130 heavy (non-hydrogen) atoms. The van der Waals surface area contributed by atoms with E-state index in [0.29, 0.717) is 33.0 Å². The van der Waals surface area contributed by atoms with Gasteiger partial charge in [-0.15, -0.1) is 0 Å². The molecule has 0 unspecified atom stereocenters. The Balaban J connectivity index is -0.000000501. The van der Waals surface area contributed by atoms with Crippen LogP contribution in [0.5, 0.6) is 0 Å². The molecule has 0 aromatic heterocycles. The van der Waals surface area contributed by atoms with E-state index in [9.17, 15) is 24.0 Å². The van der Waals surface area contributed by atoms with Gasteiger partial charge in [0.05, 0.1) is 33.0 Å². The first-order valence-electron chi connectivity index (χ1n) is 58.0. The Morgan fingerprint density at radius 1 is 0.123 bits per heavy atom. The number of hydrogen-bond acceptors (Lipinski definition) is 10. The Morgan fingerprint density at radius 3 is 0.246 bits per heavy atom. The molecule has 0 saturated heterocycles. The maximum absolute atomic E-state index is 10.9. The van der Waals surface area contributed by atoms with Gasteiger partial charge in [0.1, 0.15) is 0 Å². The largest absolute Gasteiger partial charge is 0.463 e. The number of unbranched alkanes of at least 4 members (excludes halogenated alkanes) is 90. The highest BCUT2D eigenvalue weighted by Gasteiger charge is 2.06. The van der Waals surface area contributed by atoms with Crippen LogP contribution in [-0.2, 0) is 47.7 Å². The molecule has 10 nitrogen and oxygen atoms in total. The molecule has 0 amide bonds. The van der Waals surface area contributed by atoms with Gasteiger partial charge in [-0.2, -0.15) is 0 Å². The Labute approximate surface area is 813 Å². The van der Waals surface area contributed by atoms with Crippen LogP contribution in [0.1, 0.15) is 645 Å². The van der Waals surface area contributed by atoms with Crippen molar-refractivity contribution in [1.29, 1.82) is 0 Å². The van der Waals surface area contributed by atoms with E-state index in [-0.39, 0.29) is 29.8 Å². The third-order valence-electron chi connectivity index (χ3n) is 25.8. The molecule has 0 fully saturated rings. The fraction of sp³-hybridized carbons (Fsp3) is 0.875. The molecule has 0 aromatic carbocycles. The summed E-state index contributed by atoms with van der Waals surface area (Å²) < 4.78 is 24.8. The van der Waals surface area contributed by atoms with Crippen LogP contribution in [0.15, 0.2) is 63.3 Å². The molecule has 0 saturated carbocycles. The van der Waals surface area contributed by atoms with Crippen molar-refractivity contribution in [3.8, 4) is 0 Å². The van der Waals surface area contributed by atoms with Gasteiger partial charge in [-0.05, 0) is 32.1 Å². The Hall–Kier alpha value is -3.95. The van der Waals surface area contributed by atoms with Gasteiger partial charge >= 0.3 is 29.8 Å². The van der Waals surface area contributed by atoms with Gasteiger partial charge in [-0.1, -0.05) is 645 Å². The summed E-state index contributed by atoms with van der Waals surface area (Å²) in [7, 11) is 0. The lowest BCUT2D eigenvalue weighted by Crippen LogP contribution is -2.01. The van der Waals surface area contributed by atoms with Crippen LogP contribution in [0.4, 0.5) is 0 Å². The molecule has 0 radical (unpaired) electrons. The van der Waals surface area contributed by atoms with Gasteiger partial charge < -0.3 is 23.7 Å². The fourth-order valence-electron chi connectivity index (χ4n) is 17.1. The normalized spacial score (nSPS) is 10.8. The summed E-state index contributed by atoms with van der Waals surface area (Å²) in [5.74, 6) is -1.49. The first-order chi connectivity index (χ1) is 64.0. The van der Waals surface area contributed by atoms with Crippen LogP contribution in [-0.4, -0.2) is 62.9 Å². The van der Waals surface area contributed by atoms with Crippen LogP contribution in [0, 0.1) is 0 Å². The van der Waals surface area contributed by atoms with Gasteiger partial charge in [-0.25, -0.2) is 24.0 Å². The number of rotatable bonds is 105. The fourth-order valence-corrected chi connectivity index (χ4v) is 17.1. The van der Waals surface area contributed by atoms with E-state index in [4.69, 9.17) is 23.7 Å². The monoisotopic (exact) mass is 1830 g/mol. The molecule has 0 aliphatic carbocycles. The molecular formula is C120H230O10. The molecule has 0 bridgehead atoms. The first kappa shape index (κ1) is 135. The van der Waals surface area contributed by atoms with Gasteiger partial charge in [0, 0.05) is 30.4 Å². The summed E-state index contributed by atoms with van der Waals surface area (Å²) in [5.41, 5.74) is 0. The van der Waals surface area contributed by atoms with E-state index >= 15 is 0 Å². The average molecular weight is 1830 g/mol. The third kappa shape index (κ3) is 139. The predicted octanol–water partition coefficient (Wildman–Crippen LogP) is 40.7. The molecule has 0 N–H and O–H groups in total. The van der Waals surface area contributed by atoms with Crippen LogP contribution < -0.4 is 0 Å². The molecule has 0 aliphatic heterocycles. The van der Waals surface area contributed by atoms with Crippen molar-refractivity contribution in [2.75, 3.05) is 33.0 Å². The maximum Gasteiger partial charge on any atom is 0.330 e. The van der Waals surface area contributed by atoms with Crippen molar-refractivity contribution >= 4 is 29.8 Å². The van der Waals surface area contributed by atoms with E-state index in [2.05, 4.69) is 67.5 Å². The summed E-state index contributed by atoms with van der Waals surface area (Å²) in [4.78, 5) is 54.3. The Bertz CT molecular complexity index is 2190. The van der Waals surface area contributed by atoms with E-state index in [0.717, 1.165) is 32.1 Å². The minimum Gasteiger partial charge on any atom is -0.463 e. The zero-order valence-electron chi connectivity index (χ0n) is 88.7. The summed E-state index contributed by atoms with van der Waals surface area (Å²) in [6.45, 7) is 31.1. The maximum atomic E-state index is 10.9. The number of esters is 5. The summed E-state index contributed by atoms with van der Waals surface area (Å²) >= 11 is 0. The third-order valence-corrected chi connectivity index (χ3v) is 25.8. The Morgan fingerprint density at radius 2 is 0.185 bits per heavy atom. The molecule has 10 heteroatoms. The van der Waals surface area contributed by atoms with Crippen molar-refractivity contribution < 1.29 is 47.7 Å². The highest BCUT2D eigenvalue weighted by Crippen LogP contribution is 2.22. The predicted molar refractivity (Wildman–Crippen MR) is 573 cm³/mol. The second-order valence-electron chi connectivity index (χ2n) is 38.7. The van der Waals surface area contributed by atoms with Crippen LogP contribution in [0.2, 0.25) is 0 Å². The number of hydrogen-bond donors (Lipinski definition) is 0. The molecule has 0 rings (SSSR count). The van der Waals surface area contributed by atoms with E-state index in [1.165, 1.54) is 608 Å². The lowest BCUT2D eigenvalue weighted by atomic mass is 10.0. The highest BCUT2D eigenvalue weighted by molar-refractivity contribution is 5.82. The zero-order valence-corrected chi connectivity index (χ0v) is 88.7. The topological polar surface area (TPSA) is 132 Å². The second kappa shape index (κ2) is 131. The van der Waals surface area contributed by atoms with E-state index < -0.39 is 0 Å². The zero-order chi connectivity index (χ0) is 95.7. The quantitative estimate of drug-likeness (QED) is 0.0251. The molecule has 0 atom stereocenters. The second-order valence-corrected chi connectivity index (χ2v) is 38.7. The lowest BCUT2D eigenvalue weighted by molar-refractivity contribution is -0.138. The standard InChI is InChI=1S/C26H50O2.C25H48O2.C24H46O2.C23H44O2.C22H42O2/c1-3-5-6-7-8-9-10-11-12-13-14-15-16-17-18-19-20-21-22-23-24-25-28-26(27)4-2;1-3-5-6-7-8-9-10-11-12-13-14-15-16-17-18-19-20-21-22-23-24-27-25(26)4-2;1-3-5-6-7-8-9-10-11-12-13-14-15-16-17-18-19-20-21-22-23-26-24(25)4-2;1-3-5-6-7-8-9-10-11-12-13-14-15-16-17-18-19-20-21-22-25-23(24)4-2;1-3-5-6-7-8-9-10-11-12-13-14-15-16-17-18-19-20-21-24-22(23)4-2/h4H,2-3,5-25H2,1H3;4H,2-3,5-24H2,1H3;4H,2-3,5-23H2,1H3;4H,2-3,5-22H2,1H3;4H,2-3,5-21H2,1H3. The Kier molecular flexibility index (Phi) is 136. The number of carbonyl (C=O) groups is 5. The molecule has 0 aliphatic rings. The molecular weight excluding hydrogens is 1600 g/mol. The molecule has 0 heterocycles. The molecule has 0 aromatic rings. The number of carbonyl (C=O) groups excluding carboxylic acids is 5. The molecule has 770 valence electrons. The van der Waals surface area contributed by atoms with Crippen molar-refractivity contribution in [1.82, 2.24) is 0 Å². The summed E-state index contributed by atoms with van der Waals surface area (Å²) in [6.07, 6.45) is 137. The van der Waals surface area contributed by atoms with Crippen molar-refractivity contribution in [2.45, 2.75) is 645 Å². The smallest absolute Gasteiger partial charge is 0.330 e. The minimum atomic E-state index is -0.300. The van der Waals surface area contributed by atoms with E-state index in [1.807, 2.05) is 0 Å².